The van der Waals surface area contributed by atoms with Gasteiger partial charge >= 0.3 is 0 Å². The van der Waals surface area contributed by atoms with Crippen LogP contribution in [0.3, 0.4) is 0 Å². The van der Waals surface area contributed by atoms with Crippen molar-refractivity contribution >= 4 is 5.91 Å². The van der Waals surface area contributed by atoms with E-state index in [2.05, 4.69) is 19.2 Å². The normalized spacial score (nSPS) is 18.6. The van der Waals surface area contributed by atoms with Gasteiger partial charge in [0.05, 0.1) is 25.4 Å². The minimum atomic E-state index is -1.55. The average Bonchev–Trinajstić information content (AvgIpc) is 3.42. The lowest BCUT2D eigenvalue weighted by molar-refractivity contribution is -0.302. The van der Waals surface area contributed by atoms with E-state index in [0.717, 1.165) is 38.5 Å². The monoisotopic (exact) mass is 1080 g/mol. The number of aliphatic hydroxyl groups is 5. The molecule has 7 unspecified atom stereocenters. The maximum atomic E-state index is 13.1. The molecule has 1 aliphatic heterocycles. The fourth-order valence-electron chi connectivity index (χ4n) is 11.6. The van der Waals surface area contributed by atoms with Gasteiger partial charge in [-0.15, -0.1) is 0 Å². The van der Waals surface area contributed by atoms with E-state index in [1.54, 1.807) is 0 Å². The van der Waals surface area contributed by atoms with Crippen LogP contribution in [0.4, 0.5) is 0 Å². The van der Waals surface area contributed by atoms with Gasteiger partial charge < -0.3 is 40.3 Å². The molecule has 0 aromatic rings. The molecule has 6 N–H and O–H groups in total. The van der Waals surface area contributed by atoms with Gasteiger partial charge in [-0.05, 0) is 12.8 Å². The standard InChI is InChI=1S/C67H133NO8/c1-3-5-7-9-11-13-15-17-19-21-23-25-27-28-29-30-31-32-33-34-35-36-38-40-42-44-46-48-50-52-54-56-61(70)60(59-75-67-66(74)65(73)64(72)62(58-69)76-67)68-63(71)57-55-53-51-49-47-45-43-41-39-37-26-24-22-20-18-16-14-12-10-8-6-4-2/h60-62,64-67,69-70,72-74H,3-59H2,1-2H3,(H,68,71). The lowest BCUT2D eigenvalue weighted by atomic mass is 9.99. The molecule has 0 saturated carbocycles. The number of carbonyl (C=O) groups excluding carboxylic acids is 1. The highest BCUT2D eigenvalue weighted by Crippen LogP contribution is 2.24. The van der Waals surface area contributed by atoms with Crippen molar-refractivity contribution in [3.05, 3.63) is 0 Å². The van der Waals surface area contributed by atoms with E-state index in [0.29, 0.717) is 12.8 Å². The quantitative estimate of drug-likeness (QED) is 0.0330. The van der Waals surface area contributed by atoms with Crippen molar-refractivity contribution in [1.82, 2.24) is 5.32 Å². The van der Waals surface area contributed by atoms with Crippen LogP contribution in [0.15, 0.2) is 0 Å². The minimum Gasteiger partial charge on any atom is -0.394 e. The fraction of sp³-hybridized carbons (Fsp3) is 0.985. The van der Waals surface area contributed by atoms with Crippen LogP contribution >= 0.6 is 0 Å². The summed E-state index contributed by atoms with van der Waals surface area (Å²) in [6.45, 7) is 3.91. The van der Waals surface area contributed by atoms with Gasteiger partial charge in [-0.25, -0.2) is 0 Å². The Bertz CT molecular complexity index is 1160. The zero-order valence-electron chi connectivity index (χ0n) is 50.8. The van der Waals surface area contributed by atoms with E-state index in [-0.39, 0.29) is 12.5 Å². The van der Waals surface area contributed by atoms with Crippen molar-refractivity contribution in [2.75, 3.05) is 13.2 Å². The Morgan fingerprint density at radius 2 is 0.658 bits per heavy atom. The Morgan fingerprint density at radius 3 is 0.934 bits per heavy atom. The first kappa shape index (κ1) is 73.2. The van der Waals surface area contributed by atoms with Gasteiger partial charge in [0.1, 0.15) is 24.4 Å². The van der Waals surface area contributed by atoms with Crippen LogP contribution < -0.4 is 5.32 Å². The van der Waals surface area contributed by atoms with Crippen molar-refractivity contribution in [2.24, 2.45) is 0 Å². The topological polar surface area (TPSA) is 149 Å². The first-order valence-corrected chi connectivity index (χ1v) is 34.2. The molecule has 0 spiro atoms. The number of hydrogen-bond donors (Lipinski definition) is 6. The number of unbranched alkanes of at least 4 members (excludes halogenated alkanes) is 51. The average molecular weight is 1080 g/mol. The van der Waals surface area contributed by atoms with Crippen molar-refractivity contribution in [1.29, 1.82) is 0 Å². The molecule has 0 aromatic heterocycles. The Kier molecular flexibility index (Phi) is 55.3. The van der Waals surface area contributed by atoms with E-state index in [4.69, 9.17) is 9.47 Å². The first-order chi connectivity index (χ1) is 37.3. The van der Waals surface area contributed by atoms with Crippen LogP contribution in [0.2, 0.25) is 0 Å². The summed E-state index contributed by atoms with van der Waals surface area (Å²) in [6.07, 6.45) is 64.5. The van der Waals surface area contributed by atoms with Crippen LogP contribution in [0.25, 0.3) is 0 Å². The number of ether oxygens (including phenoxy) is 2. The maximum Gasteiger partial charge on any atom is 0.220 e. The second-order valence-electron chi connectivity index (χ2n) is 24.3. The van der Waals surface area contributed by atoms with Crippen molar-refractivity contribution in [2.45, 2.75) is 410 Å². The molecule has 1 aliphatic rings. The summed E-state index contributed by atoms with van der Waals surface area (Å²) < 4.78 is 11.4. The Hall–Kier alpha value is -0.810. The van der Waals surface area contributed by atoms with Crippen LogP contribution in [0, 0.1) is 0 Å². The van der Waals surface area contributed by atoms with Gasteiger partial charge in [0.25, 0.3) is 0 Å². The predicted octanol–water partition coefficient (Wildman–Crippen LogP) is 18.1. The molecule has 1 amide bonds. The van der Waals surface area contributed by atoms with Gasteiger partial charge in [0.15, 0.2) is 6.29 Å². The molecule has 9 heteroatoms. The number of rotatable bonds is 61. The van der Waals surface area contributed by atoms with Crippen LogP contribution in [-0.2, 0) is 14.3 Å². The SMILES string of the molecule is CCCCCCCCCCCCCCCCCCCCCCCCCCCCCCCCCC(O)C(COC1OC(CO)C(O)C(O)C1O)NC(=O)CCCCCCCCCCCCCCCCCCCCCCCC. The second-order valence-corrected chi connectivity index (χ2v) is 24.3. The van der Waals surface area contributed by atoms with Crippen LogP contribution in [0.1, 0.15) is 367 Å². The highest BCUT2D eigenvalue weighted by atomic mass is 16.7. The molecule has 76 heavy (non-hydrogen) atoms. The van der Waals surface area contributed by atoms with Gasteiger partial charge in [-0.1, -0.05) is 348 Å². The molecule has 1 saturated heterocycles. The van der Waals surface area contributed by atoms with Gasteiger partial charge in [-0.3, -0.25) is 4.79 Å². The molecule has 1 heterocycles. The molecule has 0 aromatic carbocycles. The molecule has 454 valence electrons. The van der Waals surface area contributed by atoms with E-state index >= 15 is 0 Å². The third-order valence-corrected chi connectivity index (χ3v) is 17.0. The predicted molar refractivity (Wildman–Crippen MR) is 323 cm³/mol. The highest BCUT2D eigenvalue weighted by Gasteiger charge is 2.44. The molecule has 1 rings (SSSR count). The summed E-state index contributed by atoms with van der Waals surface area (Å²) in [7, 11) is 0. The fourth-order valence-corrected chi connectivity index (χ4v) is 11.6. The molecule has 7 atom stereocenters. The molecule has 9 nitrogen and oxygen atoms in total. The molecular formula is C67H133NO8. The molecular weight excluding hydrogens is 947 g/mol. The highest BCUT2D eigenvalue weighted by molar-refractivity contribution is 5.76. The van der Waals surface area contributed by atoms with Crippen molar-refractivity contribution in [3.63, 3.8) is 0 Å². The third kappa shape index (κ3) is 45.9. The van der Waals surface area contributed by atoms with Gasteiger partial charge in [0.2, 0.25) is 5.91 Å². The Balaban J connectivity index is 2.10. The lowest BCUT2D eigenvalue weighted by Gasteiger charge is -2.40. The smallest absolute Gasteiger partial charge is 0.220 e. The van der Waals surface area contributed by atoms with E-state index in [1.165, 1.54) is 302 Å². The number of aliphatic hydroxyl groups excluding tert-OH is 5. The molecule has 0 radical (unpaired) electrons. The number of hydrogen-bond acceptors (Lipinski definition) is 8. The lowest BCUT2D eigenvalue weighted by Crippen LogP contribution is -2.60. The number of amides is 1. The minimum absolute atomic E-state index is 0.130. The van der Waals surface area contributed by atoms with Crippen molar-refractivity contribution < 1.29 is 39.8 Å². The van der Waals surface area contributed by atoms with Crippen molar-refractivity contribution in [3.8, 4) is 0 Å². The van der Waals surface area contributed by atoms with E-state index in [9.17, 15) is 30.3 Å². The second kappa shape index (κ2) is 57.4. The van der Waals surface area contributed by atoms with E-state index in [1.807, 2.05) is 0 Å². The number of nitrogens with one attached hydrogen (secondary N) is 1. The third-order valence-electron chi connectivity index (χ3n) is 17.0. The van der Waals surface area contributed by atoms with Crippen LogP contribution in [-0.4, -0.2) is 87.5 Å². The summed E-state index contributed by atoms with van der Waals surface area (Å²) in [4.78, 5) is 13.1. The summed E-state index contributed by atoms with van der Waals surface area (Å²) in [6, 6.07) is -0.715. The maximum absolute atomic E-state index is 13.1. The largest absolute Gasteiger partial charge is 0.394 e. The molecule has 1 fully saturated rings. The van der Waals surface area contributed by atoms with Gasteiger partial charge in [0, 0.05) is 6.42 Å². The molecule has 0 bridgehead atoms. The Morgan fingerprint density at radius 1 is 0.395 bits per heavy atom. The van der Waals surface area contributed by atoms with Crippen LogP contribution in [0.5, 0.6) is 0 Å². The summed E-state index contributed by atoms with van der Waals surface area (Å²) >= 11 is 0. The Labute approximate surface area is 472 Å². The zero-order valence-corrected chi connectivity index (χ0v) is 50.8. The summed E-state index contributed by atoms with van der Waals surface area (Å²) in [5.74, 6) is -0.134. The molecule has 0 aliphatic carbocycles. The summed E-state index contributed by atoms with van der Waals surface area (Å²) in [5, 5.41) is 54.9. The first-order valence-electron chi connectivity index (χ1n) is 34.2. The zero-order chi connectivity index (χ0) is 55.0. The number of carbonyl (C=O) groups is 1. The summed E-state index contributed by atoms with van der Waals surface area (Å²) in [5.41, 5.74) is 0. The van der Waals surface area contributed by atoms with Gasteiger partial charge in [-0.2, -0.15) is 0 Å². The van der Waals surface area contributed by atoms with E-state index < -0.39 is 49.5 Å².